The maximum absolute atomic E-state index is 12.8. The highest BCUT2D eigenvalue weighted by atomic mass is 32.1. The van der Waals surface area contributed by atoms with E-state index in [9.17, 15) is 9.59 Å². The fraction of sp³-hybridized carbons (Fsp3) is 0.611. The molecule has 0 aromatic carbocycles. The minimum absolute atomic E-state index is 0.0631. The molecule has 2 aliphatic carbocycles. The molecule has 24 heavy (non-hydrogen) atoms. The van der Waals surface area contributed by atoms with Gasteiger partial charge in [0, 0.05) is 10.9 Å². The van der Waals surface area contributed by atoms with Gasteiger partial charge in [0.2, 0.25) is 5.91 Å². The number of aromatic nitrogens is 2. The van der Waals surface area contributed by atoms with E-state index >= 15 is 0 Å². The maximum Gasteiger partial charge on any atom is 0.262 e. The molecule has 0 radical (unpaired) electrons. The fourth-order valence-corrected chi connectivity index (χ4v) is 5.18. The van der Waals surface area contributed by atoms with Crippen molar-refractivity contribution in [2.24, 2.45) is 5.92 Å². The zero-order valence-electron chi connectivity index (χ0n) is 14.0. The predicted molar refractivity (Wildman–Crippen MR) is 95.5 cm³/mol. The van der Waals surface area contributed by atoms with Crippen LogP contribution in [0.1, 0.15) is 49.5 Å². The lowest BCUT2D eigenvalue weighted by atomic mass is 9.87. The summed E-state index contributed by atoms with van der Waals surface area (Å²) in [6.07, 6.45) is 9.07. The number of hydrogen-bond donors (Lipinski definition) is 1. The standard InChI is InChI=1S/C18H23N3O2S/c1-11-5-7-12(8-6-11)20-15(22)9-21-10-19-17-16(18(21)23)13-3-2-4-14(13)24-17/h10-12H,2-9H2,1H3,(H,20,22). The monoisotopic (exact) mass is 345 g/mol. The molecule has 2 aliphatic rings. The second-order valence-electron chi connectivity index (χ2n) is 7.24. The molecule has 1 saturated carbocycles. The number of hydrogen-bond acceptors (Lipinski definition) is 4. The molecule has 5 nitrogen and oxygen atoms in total. The third-order valence-corrected chi connectivity index (χ3v) is 6.59. The van der Waals surface area contributed by atoms with Crippen LogP contribution in [-0.4, -0.2) is 21.5 Å². The summed E-state index contributed by atoms with van der Waals surface area (Å²) in [5, 5.41) is 3.83. The second kappa shape index (κ2) is 6.31. The van der Waals surface area contributed by atoms with Crippen molar-refractivity contribution < 1.29 is 4.79 Å². The number of carbonyl (C=O) groups excluding carboxylic acids is 1. The Labute approximate surface area is 145 Å². The summed E-state index contributed by atoms with van der Waals surface area (Å²) in [6.45, 7) is 2.33. The van der Waals surface area contributed by atoms with E-state index in [-0.39, 0.29) is 24.1 Å². The van der Waals surface area contributed by atoms with Gasteiger partial charge in [0.05, 0.1) is 11.7 Å². The molecule has 128 valence electrons. The summed E-state index contributed by atoms with van der Waals surface area (Å²) in [7, 11) is 0. The van der Waals surface area contributed by atoms with Crippen LogP contribution in [0.2, 0.25) is 0 Å². The number of nitrogens with zero attached hydrogens (tertiary/aromatic N) is 2. The summed E-state index contributed by atoms with van der Waals surface area (Å²) in [6, 6.07) is 0.256. The molecular weight excluding hydrogens is 322 g/mol. The minimum Gasteiger partial charge on any atom is -0.352 e. The van der Waals surface area contributed by atoms with Crippen LogP contribution in [0, 0.1) is 5.92 Å². The van der Waals surface area contributed by atoms with Gasteiger partial charge in [-0.25, -0.2) is 4.98 Å². The number of carbonyl (C=O) groups is 1. The van der Waals surface area contributed by atoms with Crippen LogP contribution >= 0.6 is 11.3 Å². The van der Waals surface area contributed by atoms with E-state index in [1.54, 1.807) is 11.3 Å². The Hall–Kier alpha value is -1.69. The van der Waals surface area contributed by atoms with Crippen molar-refractivity contribution in [3.63, 3.8) is 0 Å². The van der Waals surface area contributed by atoms with Crippen molar-refractivity contribution in [1.82, 2.24) is 14.9 Å². The van der Waals surface area contributed by atoms with Gasteiger partial charge in [-0.1, -0.05) is 6.92 Å². The molecule has 2 aromatic heterocycles. The summed E-state index contributed by atoms with van der Waals surface area (Å²) in [5.41, 5.74) is 1.11. The van der Waals surface area contributed by atoms with Crippen LogP contribution in [0.5, 0.6) is 0 Å². The molecule has 2 heterocycles. The largest absolute Gasteiger partial charge is 0.352 e. The van der Waals surface area contributed by atoms with Gasteiger partial charge in [-0.15, -0.1) is 11.3 Å². The Morgan fingerprint density at radius 1 is 1.33 bits per heavy atom. The summed E-state index contributed by atoms with van der Waals surface area (Å²) in [5.74, 6) is 0.678. The predicted octanol–water partition coefficient (Wildman–Crippen LogP) is 2.64. The Balaban J connectivity index is 1.51. The molecule has 4 rings (SSSR count). The lowest BCUT2D eigenvalue weighted by Crippen LogP contribution is -2.40. The van der Waals surface area contributed by atoms with Gasteiger partial charge in [0.25, 0.3) is 5.56 Å². The number of fused-ring (bicyclic) bond motifs is 3. The zero-order chi connectivity index (χ0) is 16.7. The molecule has 0 atom stereocenters. The first-order chi connectivity index (χ1) is 11.6. The molecular formula is C18H23N3O2S. The lowest BCUT2D eigenvalue weighted by Gasteiger charge is -2.26. The van der Waals surface area contributed by atoms with Gasteiger partial charge in [0.15, 0.2) is 0 Å². The highest BCUT2D eigenvalue weighted by Gasteiger charge is 2.23. The van der Waals surface area contributed by atoms with Crippen molar-refractivity contribution in [2.75, 3.05) is 0 Å². The third-order valence-electron chi connectivity index (χ3n) is 5.39. The molecule has 1 fully saturated rings. The molecule has 1 amide bonds. The fourth-order valence-electron chi connectivity index (χ4n) is 3.96. The van der Waals surface area contributed by atoms with E-state index in [2.05, 4.69) is 17.2 Å². The van der Waals surface area contributed by atoms with Crippen LogP contribution in [0.3, 0.4) is 0 Å². The van der Waals surface area contributed by atoms with Gasteiger partial charge >= 0.3 is 0 Å². The highest BCUT2D eigenvalue weighted by Crippen LogP contribution is 2.34. The van der Waals surface area contributed by atoms with Gasteiger partial charge in [-0.05, 0) is 56.4 Å². The van der Waals surface area contributed by atoms with Crippen molar-refractivity contribution in [3.8, 4) is 0 Å². The van der Waals surface area contributed by atoms with Crippen molar-refractivity contribution in [1.29, 1.82) is 0 Å². The smallest absolute Gasteiger partial charge is 0.262 e. The molecule has 0 aliphatic heterocycles. The Bertz CT molecular complexity index is 831. The van der Waals surface area contributed by atoms with Gasteiger partial charge in [0.1, 0.15) is 11.4 Å². The van der Waals surface area contributed by atoms with E-state index in [0.717, 1.165) is 48.2 Å². The van der Waals surface area contributed by atoms with E-state index in [4.69, 9.17) is 0 Å². The first-order valence-corrected chi connectivity index (χ1v) is 9.72. The van der Waals surface area contributed by atoms with Crippen molar-refractivity contribution >= 4 is 27.5 Å². The van der Waals surface area contributed by atoms with Crippen LogP contribution in [-0.2, 0) is 24.2 Å². The summed E-state index contributed by atoms with van der Waals surface area (Å²) in [4.78, 5) is 31.6. The Kier molecular flexibility index (Phi) is 4.16. The van der Waals surface area contributed by atoms with E-state index < -0.39 is 0 Å². The number of rotatable bonds is 3. The van der Waals surface area contributed by atoms with Crippen molar-refractivity contribution in [3.05, 3.63) is 27.1 Å². The van der Waals surface area contributed by atoms with Gasteiger partial charge in [-0.2, -0.15) is 0 Å². The Morgan fingerprint density at radius 2 is 2.12 bits per heavy atom. The van der Waals surface area contributed by atoms with E-state index in [1.165, 1.54) is 34.2 Å². The third kappa shape index (κ3) is 2.88. The van der Waals surface area contributed by atoms with E-state index in [1.807, 2.05) is 0 Å². The number of nitrogens with one attached hydrogen (secondary N) is 1. The molecule has 0 saturated heterocycles. The first kappa shape index (κ1) is 15.8. The average molecular weight is 345 g/mol. The molecule has 2 aromatic rings. The summed E-state index contributed by atoms with van der Waals surface area (Å²) >= 11 is 1.63. The second-order valence-corrected chi connectivity index (χ2v) is 8.32. The average Bonchev–Trinajstić information content (AvgIpc) is 3.13. The molecule has 0 unspecified atom stereocenters. The molecule has 0 spiro atoms. The normalized spacial score (nSPS) is 23.4. The molecule has 0 bridgehead atoms. The van der Waals surface area contributed by atoms with Gasteiger partial charge < -0.3 is 5.32 Å². The molecule has 1 N–H and O–H groups in total. The minimum atomic E-state index is -0.0790. The van der Waals surface area contributed by atoms with Crippen molar-refractivity contribution in [2.45, 2.75) is 64.5 Å². The van der Waals surface area contributed by atoms with Crippen LogP contribution in [0.4, 0.5) is 0 Å². The Morgan fingerprint density at radius 3 is 2.92 bits per heavy atom. The zero-order valence-corrected chi connectivity index (χ0v) is 14.8. The molecule has 6 heteroatoms. The lowest BCUT2D eigenvalue weighted by molar-refractivity contribution is -0.122. The maximum atomic E-state index is 12.8. The number of aryl methyl sites for hydroxylation is 2. The quantitative estimate of drug-likeness (QED) is 0.930. The van der Waals surface area contributed by atoms with Crippen LogP contribution < -0.4 is 10.9 Å². The van der Waals surface area contributed by atoms with Crippen LogP contribution in [0.15, 0.2) is 11.1 Å². The van der Waals surface area contributed by atoms with E-state index in [0.29, 0.717) is 0 Å². The SMILES string of the molecule is CC1CCC(NC(=O)Cn2cnc3sc4c(c3c2=O)CCC4)CC1. The highest BCUT2D eigenvalue weighted by molar-refractivity contribution is 7.18. The topological polar surface area (TPSA) is 64.0 Å². The number of thiophene rings is 1. The van der Waals surface area contributed by atoms with Gasteiger partial charge in [-0.3, -0.25) is 14.2 Å². The number of amides is 1. The van der Waals surface area contributed by atoms with Crippen LogP contribution in [0.25, 0.3) is 10.2 Å². The summed E-state index contributed by atoms with van der Waals surface area (Å²) < 4.78 is 1.47. The first-order valence-electron chi connectivity index (χ1n) is 8.91.